The number of nitrogens with zero attached hydrogens (tertiary/aromatic N) is 4. The Labute approximate surface area is 173 Å². The number of nitrogens with one attached hydrogen (secondary N) is 1. The molecule has 0 atom stereocenters. The minimum absolute atomic E-state index is 0. The first-order chi connectivity index (χ1) is 12.0. The number of guanidine groups is 1. The summed E-state index contributed by atoms with van der Waals surface area (Å²) in [6.07, 6.45) is 0.468. The first kappa shape index (κ1) is 22.3. The van der Waals surface area contributed by atoms with Crippen molar-refractivity contribution < 1.29 is 9.53 Å². The van der Waals surface area contributed by atoms with Crippen molar-refractivity contribution in [1.29, 1.82) is 0 Å². The van der Waals surface area contributed by atoms with Crippen molar-refractivity contribution in [3.8, 4) is 5.75 Å². The zero-order valence-corrected chi connectivity index (χ0v) is 18.4. The largest absolute Gasteiger partial charge is 0.497 e. The van der Waals surface area contributed by atoms with Crippen LogP contribution in [0.25, 0.3) is 0 Å². The maximum absolute atomic E-state index is 11.7. The summed E-state index contributed by atoms with van der Waals surface area (Å²) in [5.41, 5.74) is 1.18. The van der Waals surface area contributed by atoms with Crippen LogP contribution in [0.15, 0.2) is 29.3 Å². The average Bonchev–Trinajstić information content (AvgIpc) is 2.65. The van der Waals surface area contributed by atoms with E-state index in [2.05, 4.69) is 32.2 Å². The first-order valence-corrected chi connectivity index (χ1v) is 8.60. The number of benzene rings is 1. The van der Waals surface area contributed by atoms with Crippen LogP contribution in [-0.4, -0.2) is 82.6 Å². The highest BCUT2D eigenvalue weighted by Crippen LogP contribution is 2.22. The van der Waals surface area contributed by atoms with Crippen molar-refractivity contribution >= 4 is 41.5 Å². The Morgan fingerprint density at radius 1 is 1.27 bits per heavy atom. The molecular formula is C18H30IN5O2. The third-order valence-corrected chi connectivity index (χ3v) is 4.33. The Morgan fingerprint density at radius 2 is 1.96 bits per heavy atom. The number of rotatable bonds is 5. The Hall–Kier alpha value is -1.71. The van der Waals surface area contributed by atoms with Gasteiger partial charge in [-0.25, -0.2) is 0 Å². The summed E-state index contributed by atoms with van der Waals surface area (Å²) in [5, 5.41) is 3.29. The van der Waals surface area contributed by atoms with Gasteiger partial charge in [-0.3, -0.25) is 9.79 Å². The van der Waals surface area contributed by atoms with E-state index in [1.807, 2.05) is 12.1 Å². The van der Waals surface area contributed by atoms with Crippen LogP contribution < -0.4 is 15.0 Å². The molecule has 1 amide bonds. The molecule has 0 bridgehead atoms. The summed E-state index contributed by atoms with van der Waals surface area (Å²) < 4.78 is 5.31. The smallest absolute Gasteiger partial charge is 0.223 e. The van der Waals surface area contributed by atoms with Gasteiger partial charge in [0, 0.05) is 72.0 Å². The normalized spacial score (nSPS) is 14.5. The number of hydrogen-bond acceptors (Lipinski definition) is 4. The summed E-state index contributed by atoms with van der Waals surface area (Å²) in [4.78, 5) is 22.2. The van der Waals surface area contributed by atoms with Crippen LogP contribution in [0, 0.1) is 0 Å². The van der Waals surface area contributed by atoms with E-state index in [1.54, 1.807) is 33.2 Å². The number of ether oxygens (including phenoxy) is 1. The fraction of sp³-hybridized carbons (Fsp3) is 0.556. The number of amides is 1. The predicted octanol–water partition coefficient (Wildman–Crippen LogP) is 1.49. The van der Waals surface area contributed by atoms with Gasteiger partial charge < -0.3 is 24.8 Å². The molecule has 1 N–H and O–H groups in total. The molecule has 1 saturated heterocycles. The van der Waals surface area contributed by atoms with Crippen LogP contribution in [0.3, 0.4) is 0 Å². The summed E-state index contributed by atoms with van der Waals surface area (Å²) in [6, 6.07) is 8.15. The van der Waals surface area contributed by atoms with Crippen LogP contribution in [0.2, 0.25) is 0 Å². The molecule has 2 rings (SSSR count). The van der Waals surface area contributed by atoms with Gasteiger partial charge in [-0.05, 0) is 12.1 Å². The molecule has 0 unspecified atom stereocenters. The number of aliphatic imine (C=N–C) groups is 1. The number of carbonyl (C=O) groups excluding carboxylic acids is 1. The highest BCUT2D eigenvalue weighted by molar-refractivity contribution is 14.0. The quantitative estimate of drug-likeness (QED) is 0.398. The van der Waals surface area contributed by atoms with Crippen molar-refractivity contribution in [1.82, 2.24) is 15.1 Å². The van der Waals surface area contributed by atoms with E-state index in [4.69, 9.17) is 4.74 Å². The third kappa shape index (κ3) is 6.22. The highest BCUT2D eigenvalue weighted by atomic mass is 127. The van der Waals surface area contributed by atoms with E-state index in [0.29, 0.717) is 13.0 Å². The van der Waals surface area contributed by atoms with Gasteiger partial charge in [-0.2, -0.15) is 0 Å². The lowest BCUT2D eigenvalue weighted by Gasteiger charge is -2.37. The van der Waals surface area contributed by atoms with Gasteiger partial charge >= 0.3 is 0 Å². The fourth-order valence-electron chi connectivity index (χ4n) is 2.82. The lowest BCUT2D eigenvalue weighted by Crippen LogP contribution is -2.52. The molecule has 1 heterocycles. The van der Waals surface area contributed by atoms with Gasteiger partial charge in [0.2, 0.25) is 5.91 Å². The van der Waals surface area contributed by atoms with Crippen molar-refractivity contribution in [3.63, 3.8) is 0 Å². The summed E-state index contributed by atoms with van der Waals surface area (Å²) in [7, 11) is 7.02. The van der Waals surface area contributed by atoms with E-state index < -0.39 is 0 Å². The van der Waals surface area contributed by atoms with Crippen molar-refractivity contribution in [2.45, 2.75) is 6.42 Å². The van der Waals surface area contributed by atoms with Crippen LogP contribution in [0.1, 0.15) is 6.42 Å². The Bertz CT molecular complexity index is 601. The number of anilines is 1. The maximum atomic E-state index is 11.7. The minimum Gasteiger partial charge on any atom is -0.497 e. The monoisotopic (exact) mass is 475 g/mol. The molecule has 1 aliphatic heterocycles. The van der Waals surface area contributed by atoms with E-state index in [1.165, 1.54) is 5.69 Å². The second-order valence-electron chi connectivity index (χ2n) is 6.19. The fourth-order valence-corrected chi connectivity index (χ4v) is 2.82. The van der Waals surface area contributed by atoms with Crippen molar-refractivity contribution in [2.24, 2.45) is 4.99 Å². The molecule has 146 valence electrons. The van der Waals surface area contributed by atoms with Crippen LogP contribution >= 0.6 is 24.0 Å². The molecule has 0 aromatic heterocycles. The number of methoxy groups -OCH3 is 1. The van der Waals surface area contributed by atoms with E-state index in [9.17, 15) is 4.79 Å². The zero-order chi connectivity index (χ0) is 18.2. The molecular weight excluding hydrogens is 445 g/mol. The molecule has 26 heavy (non-hydrogen) atoms. The molecule has 0 spiro atoms. The first-order valence-electron chi connectivity index (χ1n) is 8.60. The molecule has 8 heteroatoms. The predicted molar refractivity (Wildman–Crippen MR) is 117 cm³/mol. The van der Waals surface area contributed by atoms with Crippen molar-refractivity contribution in [2.75, 3.05) is 65.9 Å². The lowest BCUT2D eigenvalue weighted by atomic mass is 10.2. The highest BCUT2D eigenvalue weighted by Gasteiger charge is 2.20. The molecule has 1 fully saturated rings. The Kier molecular flexibility index (Phi) is 9.53. The topological polar surface area (TPSA) is 60.4 Å². The molecule has 1 aromatic rings. The van der Waals surface area contributed by atoms with Gasteiger partial charge in [0.25, 0.3) is 0 Å². The number of piperazine rings is 1. The SMILES string of the molecule is CN=C(NCCC(=O)N(C)C)N1CCN(c2cccc(OC)c2)CC1.I. The number of carbonyl (C=O) groups is 1. The summed E-state index contributed by atoms with van der Waals surface area (Å²) in [6.45, 7) is 4.21. The molecule has 0 aliphatic carbocycles. The standard InChI is InChI=1S/C18H29N5O2.HI/c1-19-18(20-9-8-17(24)21(2)3)23-12-10-22(11-13-23)15-6-5-7-16(14-15)25-4;/h5-7,14H,8-13H2,1-4H3,(H,19,20);1H. The van der Waals surface area contributed by atoms with Crippen LogP contribution in [0.4, 0.5) is 5.69 Å². The van der Waals surface area contributed by atoms with E-state index in [0.717, 1.165) is 37.9 Å². The maximum Gasteiger partial charge on any atom is 0.223 e. The van der Waals surface area contributed by atoms with Crippen molar-refractivity contribution in [3.05, 3.63) is 24.3 Å². The zero-order valence-electron chi connectivity index (χ0n) is 16.1. The molecule has 1 aromatic carbocycles. The van der Waals surface area contributed by atoms with Gasteiger partial charge in [-0.1, -0.05) is 6.07 Å². The van der Waals surface area contributed by atoms with Gasteiger partial charge in [-0.15, -0.1) is 24.0 Å². The molecule has 1 aliphatic rings. The molecule has 0 radical (unpaired) electrons. The summed E-state index contributed by atoms with van der Waals surface area (Å²) >= 11 is 0. The van der Waals surface area contributed by atoms with Gasteiger partial charge in [0.15, 0.2) is 5.96 Å². The lowest BCUT2D eigenvalue weighted by molar-refractivity contribution is -0.128. The Balaban J connectivity index is 0.00000338. The Morgan fingerprint density at radius 3 is 2.54 bits per heavy atom. The molecule has 7 nitrogen and oxygen atoms in total. The second kappa shape index (κ2) is 11.1. The number of hydrogen-bond donors (Lipinski definition) is 1. The summed E-state index contributed by atoms with van der Waals surface area (Å²) in [5.74, 6) is 1.85. The average molecular weight is 475 g/mol. The number of halogens is 1. The molecule has 0 saturated carbocycles. The minimum atomic E-state index is 0. The second-order valence-corrected chi connectivity index (χ2v) is 6.19. The van der Waals surface area contributed by atoms with E-state index >= 15 is 0 Å². The van der Waals surface area contributed by atoms with Gasteiger partial charge in [0.1, 0.15) is 5.75 Å². The van der Waals surface area contributed by atoms with Crippen LogP contribution in [0.5, 0.6) is 5.75 Å². The third-order valence-electron chi connectivity index (χ3n) is 4.33. The van der Waals surface area contributed by atoms with Gasteiger partial charge in [0.05, 0.1) is 7.11 Å². The van der Waals surface area contributed by atoms with E-state index in [-0.39, 0.29) is 29.9 Å². The van der Waals surface area contributed by atoms with Crippen LogP contribution in [-0.2, 0) is 4.79 Å².